The van der Waals surface area contributed by atoms with Crippen molar-refractivity contribution in [1.29, 1.82) is 0 Å². The maximum Gasteiger partial charge on any atom is 0.417 e. The van der Waals surface area contributed by atoms with Gasteiger partial charge in [0.05, 0.1) is 16.1 Å². The number of hydrogen-bond acceptors (Lipinski definition) is 4. The summed E-state index contributed by atoms with van der Waals surface area (Å²) in [5.74, 6) is -1.03. The van der Waals surface area contributed by atoms with Crippen LogP contribution in [0.1, 0.15) is 12.0 Å². The van der Waals surface area contributed by atoms with Crippen molar-refractivity contribution >= 4 is 26.8 Å². The van der Waals surface area contributed by atoms with Crippen LogP contribution in [-0.4, -0.2) is 19.9 Å². The van der Waals surface area contributed by atoms with Crippen LogP contribution in [0.5, 0.6) is 0 Å². The predicted octanol–water partition coefficient (Wildman–Crippen LogP) is 2.40. The second-order valence-corrected chi connectivity index (χ2v) is 7.49. The Bertz CT molecular complexity index is 1100. The van der Waals surface area contributed by atoms with Crippen LogP contribution in [0.25, 0.3) is 11.1 Å². The van der Waals surface area contributed by atoms with Crippen molar-refractivity contribution < 1.29 is 17.2 Å². The van der Waals surface area contributed by atoms with Crippen LogP contribution in [0, 0.1) is 5.82 Å². The Balaban J connectivity index is 1.84. The van der Waals surface area contributed by atoms with E-state index in [2.05, 4.69) is 4.98 Å². The van der Waals surface area contributed by atoms with E-state index in [0.29, 0.717) is 36.2 Å². The summed E-state index contributed by atoms with van der Waals surface area (Å²) in [6.45, 7) is 0.316. The molecular formula is C16H13FN2O4S. The molecule has 2 heterocycles. The lowest BCUT2D eigenvalue weighted by atomic mass is 10.0. The third-order valence-corrected chi connectivity index (χ3v) is 5.91. The molecule has 0 atom stereocenters. The van der Waals surface area contributed by atoms with Gasteiger partial charge in [0.1, 0.15) is 5.82 Å². The molecular weight excluding hydrogens is 335 g/mol. The lowest BCUT2D eigenvalue weighted by Gasteiger charge is -2.30. The summed E-state index contributed by atoms with van der Waals surface area (Å²) in [6.07, 6.45) is 1.24. The average Bonchev–Trinajstić information content (AvgIpc) is 2.93. The number of aromatic amines is 1. The van der Waals surface area contributed by atoms with E-state index in [1.807, 2.05) is 0 Å². The maximum absolute atomic E-state index is 13.4. The summed E-state index contributed by atoms with van der Waals surface area (Å²) < 4.78 is 45.6. The Labute approximate surface area is 136 Å². The summed E-state index contributed by atoms with van der Waals surface area (Å²) in [5.41, 5.74) is 1.76. The molecule has 0 fully saturated rings. The first-order valence-corrected chi connectivity index (χ1v) is 8.83. The molecule has 0 aliphatic carbocycles. The first-order chi connectivity index (χ1) is 11.4. The Kier molecular flexibility index (Phi) is 3.24. The zero-order valence-corrected chi connectivity index (χ0v) is 13.3. The average molecular weight is 348 g/mol. The number of aryl methyl sites for hydroxylation is 1. The monoisotopic (exact) mass is 348 g/mol. The molecule has 124 valence electrons. The summed E-state index contributed by atoms with van der Waals surface area (Å²) >= 11 is 0. The van der Waals surface area contributed by atoms with Crippen molar-refractivity contribution in [3.63, 3.8) is 0 Å². The normalized spacial score (nSPS) is 14.8. The van der Waals surface area contributed by atoms with Gasteiger partial charge in [0.15, 0.2) is 5.58 Å². The van der Waals surface area contributed by atoms with Gasteiger partial charge in [0.2, 0.25) is 0 Å². The van der Waals surface area contributed by atoms with E-state index in [9.17, 15) is 17.6 Å². The van der Waals surface area contributed by atoms with E-state index in [-0.39, 0.29) is 16.3 Å². The molecule has 24 heavy (non-hydrogen) atoms. The molecule has 2 aromatic carbocycles. The number of oxazole rings is 1. The minimum Gasteiger partial charge on any atom is -0.408 e. The van der Waals surface area contributed by atoms with Gasteiger partial charge in [0, 0.05) is 12.6 Å². The van der Waals surface area contributed by atoms with Gasteiger partial charge in [-0.1, -0.05) is 0 Å². The SMILES string of the molecule is O=c1[nH]c2ccc(S(=O)(=O)N3CCCc4cc(F)ccc43)cc2o1. The zero-order valence-electron chi connectivity index (χ0n) is 12.5. The van der Waals surface area contributed by atoms with Gasteiger partial charge in [-0.2, -0.15) is 0 Å². The number of nitrogens with one attached hydrogen (secondary N) is 1. The second-order valence-electron chi connectivity index (χ2n) is 5.63. The fourth-order valence-corrected chi connectivity index (χ4v) is 4.55. The summed E-state index contributed by atoms with van der Waals surface area (Å²) in [5, 5.41) is 0. The van der Waals surface area contributed by atoms with Crippen LogP contribution in [-0.2, 0) is 16.4 Å². The van der Waals surface area contributed by atoms with Crippen LogP contribution >= 0.6 is 0 Å². The number of aromatic nitrogens is 1. The molecule has 0 bridgehead atoms. The molecule has 0 saturated heterocycles. The number of sulfonamides is 1. The molecule has 0 saturated carbocycles. The van der Waals surface area contributed by atoms with Crippen molar-refractivity contribution in [1.82, 2.24) is 4.98 Å². The largest absolute Gasteiger partial charge is 0.417 e. The summed E-state index contributed by atoms with van der Waals surface area (Å²) in [6, 6.07) is 8.33. The topological polar surface area (TPSA) is 83.4 Å². The number of rotatable bonds is 2. The highest BCUT2D eigenvalue weighted by Crippen LogP contribution is 2.33. The molecule has 0 radical (unpaired) electrons. The molecule has 8 heteroatoms. The molecule has 3 aromatic rings. The molecule has 0 unspecified atom stereocenters. The van der Waals surface area contributed by atoms with Crippen LogP contribution in [0.3, 0.4) is 0 Å². The number of halogens is 1. The number of nitrogens with zero attached hydrogens (tertiary/aromatic N) is 1. The highest BCUT2D eigenvalue weighted by Gasteiger charge is 2.29. The van der Waals surface area contributed by atoms with Crippen LogP contribution in [0.2, 0.25) is 0 Å². The van der Waals surface area contributed by atoms with E-state index in [1.165, 1.54) is 40.7 Å². The first kappa shape index (κ1) is 14.9. The quantitative estimate of drug-likeness (QED) is 0.771. The fourth-order valence-electron chi connectivity index (χ4n) is 2.99. The van der Waals surface area contributed by atoms with Crippen LogP contribution in [0.4, 0.5) is 10.1 Å². The Hall–Kier alpha value is -2.61. The maximum atomic E-state index is 13.4. The molecule has 1 aliphatic rings. The number of benzene rings is 2. The molecule has 0 spiro atoms. The van der Waals surface area contributed by atoms with Gasteiger partial charge in [-0.15, -0.1) is 0 Å². The van der Waals surface area contributed by atoms with E-state index in [1.54, 1.807) is 0 Å². The minimum absolute atomic E-state index is 0.0231. The van der Waals surface area contributed by atoms with Gasteiger partial charge in [0.25, 0.3) is 10.0 Å². The molecule has 0 amide bonds. The first-order valence-electron chi connectivity index (χ1n) is 7.39. The van der Waals surface area contributed by atoms with Gasteiger partial charge in [-0.25, -0.2) is 17.6 Å². The lowest BCUT2D eigenvalue weighted by Crippen LogP contribution is -2.35. The van der Waals surface area contributed by atoms with Crippen LogP contribution in [0.15, 0.2) is 50.5 Å². The van der Waals surface area contributed by atoms with Crippen molar-refractivity contribution in [3.8, 4) is 0 Å². The van der Waals surface area contributed by atoms with Gasteiger partial charge >= 0.3 is 5.76 Å². The highest BCUT2D eigenvalue weighted by atomic mass is 32.2. The zero-order chi connectivity index (χ0) is 16.9. The minimum atomic E-state index is -3.84. The fraction of sp³-hybridized carbons (Fsp3) is 0.188. The lowest BCUT2D eigenvalue weighted by molar-refractivity contribution is 0.553. The number of hydrogen-bond donors (Lipinski definition) is 1. The van der Waals surface area contributed by atoms with Crippen molar-refractivity contribution in [2.24, 2.45) is 0 Å². The molecule has 6 nitrogen and oxygen atoms in total. The van der Waals surface area contributed by atoms with Gasteiger partial charge in [-0.3, -0.25) is 9.29 Å². The number of fused-ring (bicyclic) bond motifs is 2. The van der Waals surface area contributed by atoms with Gasteiger partial charge in [-0.05, 0) is 48.7 Å². The molecule has 1 aromatic heterocycles. The smallest absolute Gasteiger partial charge is 0.408 e. The van der Waals surface area contributed by atoms with E-state index in [0.717, 1.165) is 0 Å². The van der Waals surface area contributed by atoms with E-state index < -0.39 is 15.8 Å². The molecule has 4 rings (SSSR count). The standard InChI is InChI=1S/C16H13FN2O4S/c17-11-3-6-14-10(8-11)2-1-7-19(14)24(21,22)12-4-5-13-15(9-12)23-16(20)18-13/h3-6,8-9H,1-2,7H2,(H,18,20). The third-order valence-electron chi connectivity index (χ3n) is 4.10. The van der Waals surface area contributed by atoms with Crippen molar-refractivity contribution in [2.75, 3.05) is 10.8 Å². The van der Waals surface area contributed by atoms with Crippen molar-refractivity contribution in [3.05, 3.63) is 58.3 Å². The van der Waals surface area contributed by atoms with Crippen molar-refractivity contribution in [2.45, 2.75) is 17.7 Å². The summed E-state index contributed by atoms with van der Waals surface area (Å²) in [7, 11) is -3.84. The van der Waals surface area contributed by atoms with Crippen LogP contribution < -0.4 is 10.1 Å². The summed E-state index contributed by atoms with van der Waals surface area (Å²) in [4.78, 5) is 13.7. The third kappa shape index (κ3) is 2.30. The Morgan fingerprint density at radius 1 is 1.17 bits per heavy atom. The van der Waals surface area contributed by atoms with E-state index >= 15 is 0 Å². The molecule has 1 aliphatic heterocycles. The van der Waals surface area contributed by atoms with E-state index in [4.69, 9.17) is 4.42 Å². The highest BCUT2D eigenvalue weighted by molar-refractivity contribution is 7.92. The van der Waals surface area contributed by atoms with Gasteiger partial charge < -0.3 is 4.42 Å². The molecule has 1 N–H and O–H groups in total. The number of H-pyrrole nitrogens is 1. The second kappa shape index (κ2) is 5.20. The number of anilines is 1. The predicted molar refractivity (Wildman–Crippen MR) is 86.1 cm³/mol. The Morgan fingerprint density at radius 2 is 2.00 bits per heavy atom. The Morgan fingerprint density at radius 3 is 2.83 bits per heavy atom.